The summed E-state index contributed by atoms with van der Waals surface area (Å²) in [5, 5.41) is 8.71. The summed E-state index contributed by atoms with van der Waals surface area (Å²) in [7, 11) is 0. The highest BCUT2D eigenvalue weighted by Gasteiger charge is 2.25. The predicted octanol–water partition coefficient (Wildman–Crippen LogP) is 4.19. The van der Waals surface area contributed by atoms with Gasteiger partial charge < -0.3 is 10.5 Å². The summed E-state index contributed by atoms with van der Waals surface area (Å²) in [5.41, 5.74) is 9.73. The van der Waals surface area contributed by atoms with Gasteiger partial charge in [-0.25, -0.2) is 13.8 Å². The Morgan fingerprint density at radius 3 is 2.77 bits per heavy atom. The fourth-order valence-electron chi connectivity index (χ4n) is 4.04. The molecule has 2 bridgehead atoms. The van der Waals surface area contributed by atoms with E-state index in [0.717, 1.165) is 23.0 Å². The normalized spacial score (nSPS) is 15.2. The van der Waals surface area contributed by atoms with Crippen molar-refractivity contribution in [3.63, 3.8) is 0 Å². The maximum Gasteiger partial charge on any atom is 0.169 e. The summed E-state index contributed by atoms with van der Waals surface area (Å²) in [4.78, 5) is 4.29. The molecular formula is C22H20F2N6O. The largest absolute Gasteiger partial charge is 0.482 e. The summed E-state index contributed by atoms with van der Waals surface area (Å²) < 4.78 is 38.6. The molecule has 2 N–H and O–H groups in total. The van der Waals surface area contributed by atoms with Crippen LogP contribution in [-0.2, 0) is 13.1 Å². The van der Waals surface area contributed by atoms with Gasteiger partial charge in [-0.05, 0) is 38.1 Å². The van der Waals surface area contributed by atoms with E-state index in [2.05, 4.69) is 15.2 Å². The third kappa shape index (κ3) is 3.13. The van der Waals surface area contributed by atoms with Crippen molar-refractivity contribution in [1.82, 2.24) is 24.5 Å². The van der Waals surface area contributed by atoms with Crippen LogP contribution in [-0.4, -0.2) is 24.5 Å². The van der Waals surface area contributed by atoms with Crippen LogP contribution in [0.25, 0.3) is 22.5 Å². The fraction of sp³-hybridized carbons (Fsp3) is 0.227. The van der Waals surface area contributed by atoms with Gasteiger partial charge in [-0.3, -0.25) is 9.36 Å². The second-order valence-electron chi connectivity index (χ2n) is 7.43. The number of rotatable bonds is 1. The first-order valence-corrected chi connectivity index (χ1v) is 9.94. The van der Waals surface area contributed by atoms with E-state index in [4.69, 9.17) is 10.5 Å². The van der Waals surface area contributed by atoms with Gasteiger partial charge in [0, 0.05) is 35.0 Å². The Morgan fingerprint density at radius 1 is 1.13 bits per heavy atom. The zero-order valence-electron chi connectivity index (χ0n) is 17.0. The van der Waals surface area contributed by atoms with Crippen molar-refractivity contribution in [2.45, 2.75) is 33.0 Å². The Balaban J connectivity index is 1.82. The highest BCUT2D eigenvalue weighted by Crippen LogP contribution is 2.37. The van der Waals surface area contributed by atoms with E-state index in [1.54, 1.807) is 36.1 Å². The standard InChI is InChI=1S/C22H20F2N6O/c1-3-29-20-13-6-19(22(25)26-8-13)31-12(2)17-7-15(23)4-5-16(17)21-18(24)10-28-30(21)11-14(20)9-27-29/h4-10,12H,3,11H2,1-2H3,(H2,25,26). The number of fused-ring (bicyclic) bond motifs is 7. The highest BCUT2D eigenvalue weighted by atomic mass is 19.1. The number of aromatic nitrogens is 5. The number of pyridine rings is 1. The SMILES string of the molecule is CCn1ncc2c1-c1cnc(N)c(c1)OC(C)c1cc(F)ccc1-c1c(F)cnn1C2. The second-order valence-corrected chi connectivity index (χ2v) is 7.43. The molecular weight excluding hydrogens is 402 g/mol. The lowest BCUT2D eigenvalue weighted by molar-refractivity contribution is 0.227. The molecule has 1 aliphatic rings. The average Bonchev–Trinajstić information content (AvgIpc) is 3.32. The monoisotopic (exact) mass is 422 g/mol. The van der Waals surface area contributed by atoms with Gasteiger partial charge in [0.1, 0.15) is 17.6 Å². The first kappa shape index (κ1) is 19.2. The minimum absolute atomic E-state index is 0.214. The molecule has 4 heterocycles. The van der Waals surface area contributed by atoms with Crippen molar-refractivity contribution >= 4 is 5.82 Å². The van der Waals surface area contributed by atoms with Gasteiger partial charge in [-0.1, -0.05) is 0 Å². The van der Waals surface area contributed by atoms with E-state index in [9.17, 15) is 8.78 Å². The first-order valence-electron chi connectivity index (χ1n) is 9.94. The van der Waals surface area contributed by atoms with Gasteiger partial charge in [0.2, 0.25) is 0 Å². The number of anilines is 1. The Hall–Kier alpha value is -3.75. The van der Waals surface area contributed by atoms with Crippen LogP contribution in [0.3, 0.4) is 0 Å². The van der Waals surface area contributed by atoms with Gasteiger partial charge >= 0.3 is 0 Å². The number of hydrogen-bond acceptors (Lipinski definition) is 5. The molecule has 7 nitrogen and oxygen atoms in total. The van der Waals surface area contributed by atoms with Crippen LogP contribution >= 0.6 is 0 Å². The number of ether oxygens (including phenoxy) is 1. The van der Waals surface area contributed by atoms with Crippen LogP contribution in [0.1, 0.15) is 31.1 Å². The molecule has 4 aromatic rings. The molecule has 0 amide bonds. The number of hydrogen-bond donors (Lipinski definition) is 1. The van der Waals surface area contributed by atoms with E-state index >= 15 is 0 Å². The van der Waals surface area contributed by atoms with Crippen LogP contribution in [0.5, 0.6) is 5.75 Å². The number of nitrogens with zero attached hydrogens (tertiary/aromatic N) is 5. The topological polar surface area (TPSA) is 83.8 Å². The summed E-state index contributed by atoms with van der Waals surface area (Å²) in [6.07, 6.45) is 3.93. The predicted molar refractivity (Wildman–Crippen MR) is 111 cm³/mol. The molecule has 9 heteroatoms. The van der Waals surface area contributed by atoms with Crippen LogP contribution in [0.4, 0.5) is 14.6 Å². The third-order valence-corrected chi connectivity index (χ3v) is 5.50. The quantitative estimate of drug-likeness (QED) is 0.497. The number of halogens is 2. The lowest BCUT2D eigenvalue weighted by Gasteiger charge is -2.21. The van der Waals surface area contributed by atoms with Crippen molar-refractivity contribution in [1.29, 1.82) is 0 Å². The molecule has 0 saturated carbocycles. The molecule has 1 unspecified atom stereocenters. The number of nitrogens with two attached hydrogens (primary N) is 1. The summed E-state index contributed by atoms with van der Waals surface area (Å²) in [5.74, 6) is -0.365. The van der Waals surface area contributed by atoms with Gasteiger partial charge in [0.05, 0.1) is 24.6 Å². The van der Waals surface area contributed by atoms with E-state index in [-0.39, 0.29) is 18.1 Å². The van der Waals surface area contributed by atoms with Crippen LogP contribution in [0.15, 0.2) is 42.9 Å². The average molecular weight is 422 g/mol. The van der Waals surface area contributed by atoms with Crippen LogP contribution < -0.4 is 10.5 Å². The molecule has 0 radical (unpaired) electrons. The van der Waals surface area contributed by atoms with E-state index in [1.807, 2.05) is 11.6 Å². The van der Waals surface area contributed by atoms with E-state index < -0.39 is 17.7 Å². The Kier molecular flexibility index (Phi) is 4.46. The maximum absolute atomic E-state index is 14.9. The Labute approximate surface area is 177 Å². The molecule has 1 atom stereocenters. The molecule has 0 saturated heterocycles. The van der Waals surface area contributed by atoms with Crippen molar-refractivity contribution in [3.05, 3.63) is 65.6 Å². The number of nitrogen functional groups attached to an aromatic ring is 1. The van der Waals surface area contributed by atoms with Gasteiger partial charge in [-0.2, -0.15) is 10.2 Å². The zero-order valence-corrected chi connectivity index (χ0v) is 17.0. The van der Waals surface area contributed by atoms with Crippen molar-refractivity contribution in [3.8, 4) is 28.3 Å². The third-order valence-electron chi connectivity index (χ3n) is 5.50. The van der Waals surface area contributed by atoms with E-state index in [0.29, 0.717) is 23.4 Å². The zero-order chi connectivity index (χ0) is 21.7. The minimum atomic E-state index is -0.622. The molecule has 1 aliphatic heterocycles. The minimum Gasteiger partial charge on any atom is -0.482 e. The van der Waals surface area contributed by atoms with Gasteiger partial charge in [0.25, 0.3) is 0 Å². The first-order chi connectivity index (χ1) is 15.0. The Morgan fingerprint density at radius 2 is 1.97 bits per heavy atom. The number of benzene rings is 1. The fourth-order valence-corrected chi connectivity index (χ4v) is 4.04. The molecule has 1 aromatic carbocycles. The summed E-state index contributed by atoms with van der Waals surface area (Å²) >= 11 is 0. The Bertz CT molecular complexity index is 1300. The lowest BCUT2D eigenvalue weighted by atomic mass is 9.99. The summed E-state index contributed by atoms with van der Waals surface area (Å²) in [6, 6.07) is 5.99. The molecule has 3 aromatic heterocycles. The van der Waals surface area contributed by atoms with Crippen molar-refractivity contribution < 1.29 is 13.5 Å². The molecule has 31 heavy (non-hydrogen) atoms. The molecule has 0 fully saturated rings. The van der Waals surface area contributed by atoms with Crippen molar-refractivity contribution in [2.24, 2.45) is 0 Å². The molecule has 0 aliphatic carbocycles. The molecule has 0 spiro atoms. The van der Waals surface area contributed by atoms with E-state index in [1.165, 1.54) is 12.1 Å². The summed E-state index contributed by atoms with van der Waals surface area (Å²) in [6.45, 7) is 4.66. The maximum atomic E-state index is 14.9. The highest BCUT2D eigenvalue weighted by molar-refractivity contribution is 5.69. The van der Waals surface area contributed by atoms with Crippen LogP contribution in [0.2, 0.25) is 0 Å². The van der Waals surface area contributed by atoms with Gasteiger partial charge in [-0.15, -0.1) is 0 Å². The lowest BCUT2D eigenvalue weighted by Crippen LogP contribution is -2.12. The molecule has 5 rings (SSSR count). The molecule has 158 valence electrons. The second kappa shape index (κ2) is 7.19. The smallest absolute Gasteiger partial charge is 0.169 e. The van der Waals surface area contributed by atoms with Gasteiger partial charge in [0.15, 0.2) is 17.4 Å². The van der Waals surface area contributed by atoms with Crippen molar-refractivity contribution in [2.75, 3.05) is 5.73 Å². The number of aryl methyl sites for hydroxylation is 1. The van der Waals surface area contributed by atoms with Crippen LogP contribution in [0, 0.1) is 11.6 Å².